The van der Waals surface area contributed by atoms with Crippen LogP contribution in [-0.4, -0.2) is 82.3 Å². The normalized spacial score (nSPS) is 13.1. The number of hydrogen-bond donors (Lipinski definition) is 0. The van der Waals surface area contributed by atoms with Gasteiger partial charge < -0.3 is 19.3 Å². The van der Waals surface area contributed by atoms with E-state index < -0.39 is 12.0 Å². The number of imide groups is 1. The first-order valence-corrected chi connectivity index (χ1v) is 13.9. The van der Waals surface area contributed by atoms with Crippen molar-refractivity contribution in [3.8, 4) is 5.69 Å². The average molecular weight is 585 g/mol. The Morgan fingerprint density at radius 2 is 1.60 bits per heavy atom. The highest BCUT2D eigenvalue weighted by Gasteiger charge is 2.26. The molecule has 0 bridgehead atoms. The molecule has 1 aliphatic rings. The number of benzene rings is 2. The van der Waals surface area contributed by atoms with Crippen molar-refractivity contribution in [1.82, 2.24) is 24.3 Å². The molecule has 1 aliphatic heterocycles. The summed E-state index contributed by atoms with van der Waals surface area (Å²) < 4.78 is 11.4. The van der Waals surface area contributed by atoms with Crippen LogP contribution in [0, 0.1) is 6.92 Å². The zero-order valence-corrected chi connectivity index (χ0v) is 24.2. The largest absolute Gasteiger partial charge is 0.452 e. The molecule has 0 radical (unpaired) electrons. The van der Waals surface area contributed by atoms with Gasteiger partial charge in [-0.2, -0.15) is 4.98 Å². The van der Waals surface area contributed by atoms with Crippen molar-refractivity contribution in [3.63, 3.8) is 0 Å². The van der Waals surface area contributed by atoms with E-state index in [1.165, 1.54) is 17.7 Å². The van der Waals surface area contributed by atoms with Crippen molar-refractivity contribution in [3.05, 3.63) is 93.9 Å². The smallest absolute Gasteiger partial charge is 0.416 e. The standard InChI is InChI=1S/C31H32N6O6/c1-4-43-30(40)35-18-16-34(17-19-35)29-32-21(2)25-14-15-26(38)37(27(25)33-29)24-12-10-23(11-13-24)28(39)36(31(41)42-3)20-22-8-6-5-7-9-22/h5-15H,4,16-20H2,1-3H3. The first-order valence-electron chi connectivity index (χ1n) is 13.9. The van der Waals surface area contributed by atoms with Gasteiger partial charge in [0.2, 0.25) is 5.95 Å². The number of piperazine rings is 1. The van der Waals surface area contributed by atoms with Gasteiger partial charge in [-0.1, -0.05) is 30.3 Å². The summed E-state index contributed by atoms with van der Waals surface area (Å²) in [6.45, 7) is 5.93. The molecule has 4 aromatic rings. The second-order valence-electron chi connectivity index (χ2n) is 9.92. The van der Waals surface area contributed by atoms with E-state index in [1.807, 2.05) is 42.2 Å². The number of carbonyl (C=O) groups excluding carboxylic acids is 3. The number of ether oxygens (including phenoxy) is 2. The number of carbonyl (C=O) groups is 3. The Balaban J connectivity index is 1.44. The topological polar surface area (TPSA) is 127 Å². The van der Waals surface area contributed by atoms with Crippen LogP contribution in [0.4, 0.5) is 15.5 Å². The molecule has 0 atom stereocenters. The third-order valence-electron chi connectivity index (χ3n) is 7.21. The summed E-state index contributed by atoms with van der Waals surface area (Å²) in [7, 11) is 1.22. The number of fused-ring (bicyclic) bond motifs is 1. The number of methoxy groups -OCH3 is 1. The minimum absolute atomic E-state index is 0.0455. The van der Waals surface area contributed by atoms with Gasteiger partial charge in [0.25, 0.3) is 11.5 Å². The van der Waals surface area contributed by atoms with E-state index in [0.717, 1.165) is 10.5 Å². The Hall–Kier alpha value is -5.26. The summed E-state index contributed by atoms with van der Waals surface area (Å²) in [5.74, 6) is -0.0794. The lowest BCUT2D eigenvalue weighted by atomic mass is 10.1. The number of nitrogens with zero attached hydrogens (tertiary/aromatic N) is 6. The number of aromatic nitrogens is 3. The molecule has 3 amide bonds. The van der Waals surface area contributed by atoms with Crippen LogP contribution in [0.2, 0.25) is 0 Å². The van der Waals surface area contributed by atoms with E-state index in [1.54, 1.807) is 42.2 Å². The Morgan fingerprint density at radius 1 is 0.907 bits per heavy atom. The van der Waals surface area contributed by atoms with Crippen molar-refractivity contribution in [2.24, 2.45) is 0 Å². The predicted molar refractivity (Wildman–Crippen MR) is 159 cm³/mol. The first-order chi connectivity index (χ1) is 20.8. The molecular weight excluding hydrogens is 552 g/mol. The molecule has 12 heteroatoms. The minimum atomic E-state index is -0.772. The van der Waals surface area contributed by atoms with E-state index in [4.69, 9.17) is 14.5 Å². The molecule has 0 saturated carbocycles. The highest BCUT2D eigenvalue weighted by atomic mass is 16.6. The monoisotopic (exact) mass is 584 g/mol. The van der Waals surface area contributed by atoms with Gasteiger partial charge in [-0.25, -0.2) is 19.5 Å². The molecule has 12 nitrogen and oxygen atoms in total. The minimum Gasteiger partial charge on any atom is -0.452 e. The second-order valence-corrected chi connectivity index (χ2v) is 9.92. The summed E-state index contributed by atoms with van der Waals surface area (Å²) in [6.07, 6.45) is -1.12. The summed E-state index contributed by atoms with van der Waals surface area (Å²) >= 11 is 0. The van der Waals surface area contributed by atoms with Gasteiger partial charge in [0, 0.05) is 43.2 Å². The number of rotatable bonds is 6. The zero-order valence-electron chi connectivity index (χ0n) is 24.2. The quantitative estimate of drug-likeness (QED) is 0.333. The van der Waals surface area contributed by atoms with Crippen molar-refractivity contribution in [2.45, 2.75) is 20.4 Å². The highest BCUT2D eigenvalue weighted by Crippen LogP contribution is 2.22. The SMILES string of the molecule is CCOC(=O)N1CCN(c2nc(C)c3ccc(=O)n(-c4ccc(C(=O)N(Cc5ccccc5)C(=O)OC)cc4)c3n2)CC1. The van der Waals surface area contributed by atoms with Gasteiger partial charge in [-0.15, -0.1) is 0 Å². The van der Waals surface area contributed by atoms with Gasteiger partial charge in [0.15, 0.2) is 5.65 Å². The van der Waals surface area contributed by atoms with Crippen molar-refractivity contribution < 1.29 is 23.9 Å². The molecular formula is C31H32N6O6. The Bertz CT molecular complexity index is 1700. The van der Waals surface area contributed by atoms with Crippen LogP contribution in [0.5, 0.6) is 0 Å². The van der Waals surface area contributed by atoms with Crippen LogP contribution in [0.1, 0.15) is 28.5 Å². The Labute approximate surface area is 248 Å². The molecule has 0 N–H and O–H groups in total. The average Bonchev–Trinajstić information content (AvgIpc) is 3.03. The summed E-state index contributed by atoms with van der Waals surface area (Å²) in [5, 5.41) is 0.702. The van der Waals surface area contributed by atoms with Crippen LogP contribution < -0.4 is 10.5 Å². The maximum absolute atomic E-state index is 13.3. The first kappa shape index (κ1) is 29.2. The Morgan fingerprint density at radius 3 is 2.26 bits per heavy atom. The Kier molecular flexibility index (Phi) is 8.65. The molecule has 0 aliphatic carbocycles. The highest BCUT2D eigenvalue weighted by molar-refractivity contribution is 6.03. The number of anilines is 1. The molecule has 2 aromatic heterocycles. The van der Waals surface area contributed by atoms with Gasteiger partial charge in [0.05, 0.1) is 31.6 Å². The van der Waals surface area contributed by atoms with Crippen LogP contribution in [0.3, 0.4) is 0 Å². The molecule has 0 spiro atoms. The molecule has 1 fully saturated rings. The van der Waals surface area contributed by atoms with Crippen molar-refractivity contribution in [1.29, 1.82) is 0 Å². The second kappa shape index (κ2) is 12.7. The third-order valence-corrected chi connectivity index (χ3v) is 7.21. The van der Waals surface area contributed by atoms with E-state index in [9.17, 15) is 19.2 Å². The van der Waals surface area contributed by atoms with Gasteiger partial charge >= 0.3 is 12.2 Å². The third kappa shape index (κ3) is 6.17. The fraction of sp³-hybridized carbons (Fsp3) is 0.290. The lowest BCUT2D eigenvalue weighted by molar-refractivity contribution is 0.0693. The van der Waals surface area contributed by atoms with Gasteiger partial charge in [0.1, 0.15) is 0 Å². The van der Waals surface area contributed by atoms with E-state index in [2.05, 4.69) is 4.98 Å². The van der Waals surface area contributed by atoms with Crippen molar-refractivity contribution in [2.75, 3.05) is 44.8 Å². The number of aryl methyl sites for hydroxylation is 1. The number of pyridine rings is 1. The maximum Gasteiger partial charge on any atom is 0.416 e. The molecule has 222 valence electrons. The number of hydrogen-bond acceptors (Lipinski definition) is 9. The maximum atomic E-state index is 13.3. The summed E-state index contributed by atoms with van der Waals surface area (Å²) in [4.78, 5) is 65.2. The zero-order chi connectivity index (χ0) is 30.5. The molecule has 3 heterocycles. The summed E-state index contributed by atoms with van der Waals surface area (Å²) in [5.41, 5.74) is 2.34. The van der Waals surface area contributed by atoms with Gasteiger partial charge in [-0.3, -0.25) is 14.2 Å². The molecule has 0 unspecified atom stereocenters. The molecule has 43 heavy (non-hydrogen) atoms. The van der Waals surface area contributed by atoms with E-state index in [0.29, 0.717) is 61.1 Å². The van der Waals surface area contributed by atoms with E-state index in [-0.39, 0.29) is 23.8 Å². The molecule has 1 saturated heterocycles. The molecule has 2 aromatic carbocycles. The summed E-state index contributed by atoms with van der Waals surface area (Å²) in [6, 6.07) is 18.7. The number of amides is 3. The fourth-order valence-corrected chi connectivity index (χ4v) is 4.95. The lowest BCUT2D eigenvalue weighted by Gasteiger charge is -2.34. The van der Waals surface area contributed by atoms with Crippen LogP contribution in [-0.2, 0) is 16.0 Å². The van der Waals surface area contributed by atoms with E-state index >= 15 is 0 Å². The van der Waals surface area contributed by atoms with Crippen molar-refractivity contribution >= 4 is 35.1 Å². The van der Waals surface area contributed by atoms with Gasteiger partial charge in [-0.05, 0) is 49.7 Å². The van der Waals surface area contributed by atoms with Crippen LogP contribution in [0.15, 0.2) is 71.5 Å². The fourth-order valence-electron chi connectivity index (χ4n) is 4.95. The van der Waals surface area contributed by atoms with Crippen LogP contribution >= 0.6 is 0 Å². The lowest BCUT2D eigenvalue weighted by Crippen LogP contribution is -2.49. The van der Waals surface area contributed by atoms with Crippen LogP contribution in [0.25, 0.3) is 16.7 Å². The molecule has 5 rings (SSSR count). The predicted octanol–water partition coefficient (Wildman–Crippen LogP) is 3.78.